The van der Waals surface area contributed by atoms with Gasteiger partial charge in [-0.3, -0.25) is 4.90 Å². The Labute approximate surface area is 219 Å². The highest BCUT2D eigenvalue weighted by atomic mass is 19.1. The van der Waals surface area contributed by atoms with E-state index in [-0.39, 0.29) is 11.6 Å². The van der Waals surface area contributed by atoms with Crippen LogP contribution in [0.3, 0.4) is 0 Å². The van der Waals surface area contributed by atoms with Crippen molar-refractivity contribution >= 4 is 5.69 Å². The molecule has 1 aliphatic carbocycles. The Morgan fingerprint density at radius 3 is 2.54 bits per heavy atom. The molecule has 0 saturated carbocycles. The maximum atomic E-state index is 14.9. The van der Waals surface area contributed by atoms with Gasteiger partial charge >= 0.3 is 0 Å². The van der Waals surface area contributed by atoms with Crippen LogP contribution < -0.4 is 9.64 Å². The first-order valence-electron chi connectivity index (χ1n) is 13.5. The number of aromatic hydroxyl groups is 2. The molecule has 2 aliphatic rings. The second-order valence-electron chi connectivity index (χ2n) is 10.3. The molecule has 1 atom stereocenters. The summed E-state index contributed by atoms with van der Waals surface area (Å²) in [6.45, 7) is 6.88. The second kappa shape index (κ2) is 11.4. The van der Waals surface area contributed by atoms with Gasteiger partial charge in [0, 0.05) is 31.4 Å². The second-order valence-corrected chi connectivity index (χ2v) is 10.3. The first kappa shape index (κ1) is 25.4. The highest BCUT2D eigenvalue weighted by molar-refractivity contribution is 5.59. The summed E-state index contributed by atoms with van der Waals surface area (Å²) >= 11 is 0. The Kier molecular flexibility index (Phi) is 7.85. The van der Waals surface area contributed by atoms with Crippen LogP contribution in [0, 0.1) is 5.82 Å². The highest BCUT2D eigenvalue weighted by Crippen LogP contribution is 2.40. The molecular formula is C31H37FN2O3. The van der Waals surface area contributed by atoms with Crippen LogP contribution in [0.25, 0.3) is 0 Å². The van der Waals surface area contributed by atoms with Gasteiger partial charge in [0.15, 0.2) is 11.6 Å². The monoisotopic (exact) mass is 504 g/mol. The third-order valence-corrected chi connectivity index (χ3v) is 7.83. The summed E-state index contributed by atoms with van der Waals surface area (Å²) in [6.07, 6.45) is 5.24. The van der Waals surface area contributed by atoms with Gasteiger partial charge in [-0.15, -0.1) is 0 Å². The van der Waals surface area contributed by atoms with Crippen LogP contribution in [0.2, 0.25) is 0 Å². The molecule has 37 heavy (non-hydrogen) atoms. The standard InChI is InChI=1S/C31H37FN2O3/c1-2-34(21-22-5-12-31(29(32)17-22)37-16-15-33-13-3-4-14-33)30-20-27(36)10-11-28(30)25-7-6-24-19-26(35)9-8-23(24)18-25/h5,8-12,17,19-20,25,35-36H,2-4,6-7,13-16,18,21H2,1H3. The molecule has 0 aromatic heterocycles. The van der Waals surface area contributed by atoms with Gasteiger partial charge in [-0.1, -0.05) is 18.2 Å². The third-order valence-electron chi connectivity index (χ3n) is 7.83. The van der Waals surface area contributed by atoms with Crippen LogP contribution in [-0.2, 0) is 19.4 Å². The lowest BCUT2D eigenvalue weighted by Crippen LogP contribution is -2.25. The van der Waals surface area contributed by atoms with Crippen molar-refractivity contribution in [2.75, 3.05) is 37.7 Å². The smallest absolute Gasteiger partial charge is 0.165 e. The number of hydrogen-bond donors (Lipinski definition) is 2. The third kappa shape index (κ3) is 6.02. The van der Waals surface area contributed by atoms with Gasteiger partial charge in [-0.2, -0.15) is 0 Å². The summed E-state index contributed by atoms with van der Waals surface area (Å²) < 4.78 is 20.6. The number of benzene rings is 3. The Morgan fingerprint density at radius 1 is 0.973 bits per heavy atom. The zero-order valence-electron chi connectivity index (χ0n) is 21.6. The molecule has 1 unspecified atom stereocenters. The number of halogens is 1. The molecule has 1 aliphatic heterocycles. The van der Waals surface area contributed by atoms with E-state index in [4.69, 9.17) is 4.74 Å². The van der Waals surface area contributed by atoms with Crippen LogP contribution in [-0.4, -0.2) is 47.9 Å². The lowest BCUT2D eigenvalue weighted by Gasteiger charge is -2.31. The molecule has 0 spiro atoms. The van der Waals surface area contributed by atoms with E-state index in [9.17, 15) is 14.6 Å². The van der Waals surface area contributed by atoms with Crippen molar-refractivity contribution in [2.24, 2.45) is 0 Å². The number of likely N-dealkylation sites (tertiary alicyclic amines) is 1. The zero-order valence-corrected chi connectivity index (χ0v) is 21.6. The SMILES string of the molecule is CCN(Cc1ccc(OCCN2CCCC2)c(F)c1)c1cc(O)ccc1C1CCc2cc(O)ccc2C1. The number of nitrogens with zero attached hydrogens (tertiary/aromatic N) is 2. The van der Waals surface area contributed by atoms with E-state index >= 15 is 0 Å². The van der Waals surface area contributed by atoms with Crippen molar-refractivity contribution in [3.8, 4) is 17.2 Å². The van der Waals surface area contributed by atoms with E-state index in [1.165, 1.54) is 29.5 Å². The normalized spacial score (nSPS) is 17.5. The number of anilines is 1. The molecule has 1 heterocycles. The van der Waals surface area contributed by atoms with Crippen molar-refractivity contribution in [3.05, 3.63) is 82.7 Å². The molecule has 196 valence electrons. The fourth-order valence-corrected chi connectivity index (χ4v) is 5.80. The summed E-state index contributed by atoms with van der Waals surface area (Å²) in [5.41, 5.74) is 5.52. The van der Waals surface area contributed by atoms with Crippen LogP contribution in [0.5, 0.6) is 17.2 Å². The largest absolute Gasteiger partial charge is 0.508 e. The lowest BCUT2D eigenvalue weighted by molar-refractivity contribution is 0.231. The first-order valence-corrected chi connectivity index (χ1v) is 13.5. The van der Waals surface area contributed by atoms with Gasteiger partial charge in [-0.05, 0) is 111 Å². The highest BCUT2D eigenvalue weighted by Gasteiger charge is 2.25. The number of phenolic OH excluding ortho intramolecular Hbond substituents is 2. The van der Waals surface area contributed by atoms with Crippen LogP contribution in [0.4, 0.5) is 10.1 Å². The molecule has 0 amide bonds. The minimum absolute atomic E-state index is 0.228. The fourth-order valence-electron chi connectivity index (χ4n) is 5.80. The number of aryl methyl sites for hydroxylation is 1. The van der Waals surface area contributed by atoms with Crippen molar-refractivity contribution in [3.63, 3.8) is 0 Å². The fraction of sp³-hybridized carbons (Fsp3) is 0.419. The van der Waals surface area contributed by atoms with Crippen molar-refractivity contribution in [1.29, 1.82) is 0 Å². The van der Waals surface area contributed by atoms with Crippen LogP contribution in [0.1, 0.15) is 54.4 Å². The summed E-state index contributed by atoms with van der Waals surface area (Å²) in [6, 6.07) is 16.5. The maximum Gasteiger partial charge on any atom is 0.165 e. The number of hydrogen-bond acceptors (Lipinski definition) is 5. The average Bonchev–Trinajstić information content (AvgIpc) is 3.42. The summed E-state index contributed by atoms with van der Waals surface area (Å²) in [5.74, 6) is 0.820. The van der Waals surface area contributed by atoms with Gasteiger partial charge in [0.2, 0.25) is 0 Å². The molecule has 1 saturated heterocycles. The van der Waals surface area contributed by atoms with Gasteiger partial charge < -0.3 is 19.8 Å². The molecule has 1 fully saturated rings. The van der Waals surface area contributed by atoms with E-state index in [0.29, 0.717) is 30.6 Å². The Hall–Kier alpha value is -3.25. The van der Waals surface area contributed by atoms with Gasteiger partial charge in [0.1, 0.15) is 18.1 Å². The first-order chi connectivity index (χ1) is 18.0. The number of rotatable bonds is 9. The Morgan fingerprint density at radius 2 is 1.76 bits per heavy atom. The predicted octanol–water partition coefficient (Wildman–Crippen LogP) is 6.01. The van der Waals surface area contributed by atoms with Gasteiger partial charge in [-0.25, -0.2) is 4.39 Å². The number of ether oxygens (including phenoxy) is 1. The van der Waals surface area contributed by atoms with Crippen molar-refractivity contribution in [2.45, 2.75) is 51.5 Å². The molecule has 5 rings (SSSR count). The topological polar surface area (TPSA) is 56.2 Å². The van der Waals surface area contributed by atoms with Crippen LogP contribution in [0.15, 0.2) is 54.6 Å². The van der Waals surface area contributed by atoms with E-state index < -0.39 is 0 Å². The molecule has 0 bridgehead atoms. The van der Waals surface area contributed by atoms with Crippen molar-refractivity contribution in [1.82, 2.24) is 4.90 Å². The number of phenols is 2. The maximum absolute atomic E-state index is 14.9. The Balaban J connectivity index is 1.30. The quantitative estimate of drug-likeness (QED) is 0.374. The molecule has 3 aromatic carbocycles. The van der Waals surface area contributed by atoms with E-state index in [0.717, 1.165) is 56.7 Å². The Bertz CT molecular complexity index is 1230. The summed E-state index contributed by atoms with van der Waals surface area (Å²) in [7, 11) is 0. The van der Waals surface area contributed by atoms with E-state index in [1.54, 1.807) is 24.3 Å². The molecule has 3 aromatic rings. The summed E-state index contributed by atoms with van der Waals surface area (Å²) in [5, 5.41) is 20.2. The van der Waals surface area contributed by atoms with Crippen LogP contribution >= 0.6 is 0 Å². The minimum atomic E-state index is -0.335. The lowest BCUT2D eigenvalue weighted by atomic mass is 9.79. The molecule has 5 nitrogen and oxygen atoms in total. The van der Waals surface area contributed by atoms with E-state index in [2.05, 4.69) is 16.7 Å². The average molecular weight is 505 g/mol. The zero-order chi connectivity index (χ0) is 25.8. The summed E-state index contributed by atoms with van der Waals surface area (Å²) in [4.78, 5) is 4.55. The predicted molar refractivity (Wildman–Crippen MR) is 145 cm³/mol. The van der Waals surface area contributed by atoms with Gasteiger partial charge in [0.25, 0.3) is 0 Å². The number of fused-ring (bicyclic) bond motifs is 1. The van der Waals surface area contributed by atoms with E-state index in [1.807, 2.05) is 30.3 Å². The minimum Gasteiger partial charge on any atom is -0.508 e. The molecule has 2 N–H and O–H groups in total. The van der Waals surface area contributed by atoms with Crippen molar-refractivity contribution < 1.29 is 19.3 Å². The molecule has 6 heteroatoms. The molecule has 0 radical (unpaired) electrons. The van der Waals surface area contributed by atoms with Gasteiger partial charge in [0.05, 0.1) is 0 Å². The molecular weight excluding hydrogens is 467 g/mol.